The number of hydrogen-bond donors (Lipinski definition) is 0. The normalized spacial score (nSPS) is 16.2. The molecule has 1 saturated carbocycles. The summed E-state index contributed by atoms with van der Waals surface area (Å²) in [5, 5.41) is 0. The first-order chi connectivity index (χ1) is 9.02. The van der Waals surface area contributed by atoms with Crippen molar-refractivity contribution >= 4 is 17.4 Å². The highest BCUT2D eigenvalue weighted by Gasteiger charge is 2.25. The van der Waals surface area contributed by atoms with E-state index in [4.69, 9.17) is 11.6 Å². The summed E-state index contributed by atoms with van der Waals surface area (Å²) in [6.45, 7) is 7.69. The Morgan fingerprint density at radius 3 is 2.47 bits per heavy atom. The Morgan fingerprint density at radius 1 is 1.32 bits per heavy atom. The Morgan fingerprint density at radius 2 is 2.05 bits per heavy atom. The number of nitrogens with zero attached hydrogens (tertiary/aromatic N) is 2. The van der Waals surface area contributed by atoms with E-state index >= 15 is 0 Å². The maximum Gasteiger partial charge on any atom is 0.128 e. The molecule has 3 heteroatoms. The molecular formula is C16H25ClN2. The maximum atomic E-state index is 5.84. The van der Waals surface area contributed by atoms with E-state index in [0.29, 0.717) is 6.04 Å². The van der Waals surface area contributed by atoms with Gasteiger partial charge in [0.1, 0.15) is 5.82 Å². The summed E-state index contributed by atoms with van der Waals surface area (Å²) >= 11 is 5.84. The van der Waals surface area contributed by atoms with Gasteiger partial charge in [0.15, 0.2) is 0 Å². The zero-order chi connectivity index (χ0) is 13.9. The maximum absolute atomic E-state index is 5.84. The van der Waals surface area contributed by atoms with Gasteiger partial charge in [-0.2, -0.15) is 0 Å². The number of anilines is 1. The second kappa shape index (κ2) is 6.13. The van der Waals surface area contributed by atoms with Gasteiger partial charge in [-0.1, -0.05) is 26.8 Å². The second-order valence-corrected chi connectivity index (χ2v) is 6.85. The van der Waals surface area contributed by atoms with Crippen molar-refractivity contribution < 1.29 is 0 Å². The van der Waals surface area contributed by atoms with E-state index in [9.17, 15) is 0 Å². The van der Waals surface area contributed by atoms with Crippen molar-refractivity contribution in [2.75, 3.05) is 17.3 Å². The Balaban J connectivity index is 2.12. The summed E-state index contributed by atoms with van der Waals surface area (Å²) in [7, 11) is 0. The van der Waals surface area contributed by atoms with Crippen molar-refractivity contribution in [3.8, 4) is 0 Å². The van der Waals surface area contributed by atoms with E-state index in [-0.39, 0.29) is 5.41 Å². The fourth-order valence-corrected chi connectivity index (χ4v) is 2.53. The Bertz CT molecular complexity index is 390. The van der Waals surface area contributed by atoms with Crippen LogP contribution in [-0.2, 0) is 5.41 Å². The summed E-state index contributed by atoms with van der Waals surface area (Å²) in [6.07, 6.45) is 7.00. The molecule has 0 spiro atoms. The van der Waals surface area contributed by atoms with Crippen LogP contribution in [0.25, 0.3) is 0 Å². The molecule has 0 aromatic carbocycles. The van der Waals surface area contributed by atoms with Crippen LogP contribution >= 0.6 is 11.6 Å². The third-order valence-corrected chi connectivity index (χ3v) is 4.22. The van der Waals surface area contributed by atoms with Crippen molar-refractivity contribution in [1.29, 1.82) is 0 Å². The Labute approximate surface area is 122 Å². The largest absolute Gasteiger partial charge is 0.354 e. The van der Waals surface area contributed by atoms with Gasteiger partial charge in [0.25, 0.3) is 0 Å². The topological polar surface area (TPSA) is 16.1 Å². The minimum Gasteiger partial charge on any atom is -0.354 e. The predicted octanol–water partition coefficient (Wildman–Crippen LogP) is 4.37. The SMILES string of the molecule is CC(C)(C)c1ccc(N(CCCCl)C2CCC2)nc1. The standard InChI is InChI=1S/C16H25ClN2/c1-16(2,3)13-8-9-15(18-12-13)19(11-5-10-17)14-6-4-7-14/h8-9,12,14H,4-7,10-11H2,1-3H3. The first-order valence-electron chi connectivity index (χ1n) is 7.31. The molecule has 1 fully saturated rings. The fourth-order valence-electron chi connectivity index (χ4n) is 2.41. The molecular weight excluding hydrogens is 256 g/mol. The second-order valence-electron chi connectivity index (χ2n) is 6.48. The van der Waals surface area contributed by atoms with Crippen LogP contribution in [0, 0.1) is 0 Å². The van der Waals surface area contributed by atoms with Crippen LogP contribution in [0.2, 0.25) is 0 Å². The van der Waals surface area contributed by atoms with E-state index in [0.717, 1.165) is 24.7 Å². The zero-order valence-electron chi connectivity index (χ0n) is 12.3. The van der Waals surface area contributed by atoms with E-state index in [2.05, 4.69) is 42.8 Å². The Kier molecular flexibility index (Phi) is 4.72. The number of rotatable bonds is 5. The van der Waals surface area contributed by atoms with Crippen molar-refractivity contribution in [1.82, 2.24) is 4.98 Å². The highest BCUT2D eigenvalue weighted by molar-refractivity contribution is 6.17. The lowest BCUT2D eigenvalue weighted by atomic mass is 9.88. The molecule has 0 unspecified atom stereocenters. The molecule has 1 aliphatic carbocycles. The molecule has 0 amide bonds. The third-order valence-electron chi connectivity index (χ3n) is 3.96. The van der Waals surface area contributed by atoms with Crippen molar-refractivity contribution in [3.05, 3.63) is 23.9 Å². The van der Waals surface area contributed by atoms with Crippen LogP contribution in [0.15, 0.2) is 18.3 Å². The number of hydrogen-bond acceptors (Lipinski definition) is 2. The Hall–Kier alpha value is -0.760. The van der Waals surface area contributed by atoms with Gasteiger partial charge in [-0.25, -0.2) is 4.98 Å². The van der Waals surface area contributed by atoms with Crippen molar-refractivity contribution in [2.45, 2.75) is 57.9 Å². The monoisotopic (exact) mass is 280 g/mol. The summed E-state index contributed by atoms with van der Waals surface area (Å²) in [4.78, 5) is 7.13. The van der Waals surface area contributed by atoms with Gasteiger partial charge in [-0.05, 0) is 42.7 Å². The predicted molar refractivity (Wildman–Crippen MR) is 83.3 cm³/mol. The van der Waals surface area contributed by atoms with Gasteiger partial charge in [0, 0.05) is 24.7 Å². The molecule has 1 aromatic heterocycles. The number of halogens is 1. The fraction of sp³-hybridized carbons (Fsp3) is 0.688. The van der Waals surface area contributed by atoms with Crippen molar-refractivity contribution in [2.24, 2.45) is 0 Å². The van der Waals surface area contributed by atoms with Gasteiger partial charge in [0.2, 0.25) is 0 Å². The molecule has 19 heavy (non-hydrogen) atoms. The molecule has 1 heterocycles. The molecule has 0 saturated heterocycles. The van der Waals surface area contributed by atoms with Crippen LogP contribution < -0.4 is 4.90 Å². The third kappa shape index (κ3) is 3.62. The van der Waals surface area contributed by atoms with Gasteiger partial charge < -0.3 is 4.90 Å². The molecule has 1 aromatic rings. The summed E-state index contributed by atoms with van der Waals surface area (Å²) in [6, 6.07) is 5.07. The summed E-state index contributed by atoms with van der Waals surface area (Å²) < 4.78 is 0. The molecule has 0 atom stereocenters. The molecule has 2 rings (SSSR count). The van der Waals surface area contributed by atoms with E-state index in [1.54, 1.807) is 0 Å². The van der Waals surface area contributed by atoms with Gasteiger partial charge in [0.05, 0.1) is 0 Å². The minimum absolute atomic E-state index is 0.170. The first-order valence-corrected chi connectivity index (χ1v) is 7.85. The van der Waals surface area contributed by atoms with Crippen LogP contribution in [0.3, 0.4) is 0 Å². The lowest BCUT2D eigenvalue weighted by Gasteiger charge is -2.38. The van der Waals surface area contributed by atoms with E-state index < -0.39 is 0 Å². The highest BCUT2D eigenvalue weighted by Crippen LogP contribution is 2.30. The summed E-state index contributed by atoms with van der Waals surface area (Å²) in [5.74, 6) is 1.84. The quantitative estimate of drug-likeness (QED) is 0.745. The molecule has 0 aliphatic heterocycles. The van der Waals surface area contributed by atoms with Crippen LogP contribution in [0.5, 0.6) is 0 Å². The first kappa shape index (κ1) is 14.6. The van der Waals surface area contributed by atoms with Crippen LogP contribution in [0.1, 0.15) is 52.0 Å². The lowest BCUT2D eigenvalue weighted by molar-refractivity contribution is 0.384. The lowest BCUT2D eigenvalue weighted by Crippen LogP contribution is -2.41. The number of pyridine rings is 1. The van der Waals surface area contributed by atoms with Gasteiger partial charge in [-0.3, -0.25) is 0 Å². The summed E-state index contributed by atoms with van der Waals surface area (Å²) in [5.41, 5.74) is 1.46. The zero-order valence-corrected chi connectivity index (χ0v) is 13.1. The average molecular weight is 281 g/mol. The smallest absolute Gasteiger partial charge is 0.128 e. The van der Waals surface area contributed by atoms with Gasteiger partial charge in [-0.15, -0.1) is 11.6 Å². The van der Waals surface area contributed by atoms with Gasteiger partial charge >= 0.3 is 0 Å². The molecule has 1 aliphatic rings. The molecule has 2 nitrogen and oxygen atoms in total. The van der Waals surface area contributed by atoms with E-state index in [1.807, 2.05) is 6.20 Å². The molecule has 0 bridgehead atoms. The molecule has 0 N–H and O–H groups in total. The van der Waals surface area contributed by atoms with Crippen LogP contribution in [-0.4, -0.2) is 23.5 Å². The van der Waals surface area contributed by atoms with Crippen LogP contribution in [0.4, 0.5) is 5.82 Å². The van der Waals surface area contributed by atoms with Crippen molar-refractivity contribution in [3.63, 3.8) is 0 Å². The highest BCUT2D eigenvalue weighted by atomic mass is 35.5. The minimum atomic E-state index is 0.170. The molecule has 106 valence electrons. The van der Waals surface area contributed by atoms with E-state index in [1.165, 1.54) is 24.8 Å². The number of alkyl halides is 1. The average Bonchev–Trinajstić information content (AvgIpc) is 2.31. The molecule has 0 radical (unpaired) electrons. The number of aromatic nitrogens is 1.